The zero-order valence-electron chi connectivity index (χ0n) is 10.6. The zero-order valence-corrected chi connectivity index (χ0v) is 11.4. The topological polar surface area (TPSA) is 84.2 Å². The number of carbonyl (C=O) groups excluding carboxylic acids is 2. The van der Waals surface area contributed by atoms with E-state index in [0.29, 0.717) is 9.88 Å². The molecular weight excluding hydrogens is 281 g/mol. The van der Waals surface area contributed by atoms with Gasteiger partial charge in [-0.1, -0.05) is 12.1 Å². The van der Waals surface area contributed by atoms with Crippen LogP contribution in [0.15, 0.2) is 30.3 Å². The molecule has 3 amide bonds. The van der Waals surface area contributed by atoms with E-state index in [4.69, 9.17) is 5.73 Å². The van der Waals surface area contributed by atoms with Crippen LogP contribution in [0.5, 0.6) is 0 Å². The number of hydrogen-bond donors (Lipinski definition) is 3. The molecule has 0 saturated heterocycles. The number of thiophene rings is 1. The summed E-state index contributed by atoms with van der Waals surface area (Å²) >= 11 is 1.20. The van der Waals surface area contributed by atoms with Gasteiger partial charge in [0, 0.05) is 11.9 Å². The Morgan fingerprint density at radius 2 is 1.90 bits per heavy atom. The molecule has 2 rings (SSSR count). The first-order chi connectivity index (χ1) is 9.51. The van der Waals surface area contributed by atoms with Crippen molar-refractivity contribution in [3.05, 3.63) is 41.7 Å². The number of benzene rings is 1. The van der Waals surface area contributed by atoms with E-state index in [-0.39, 0.29) is 11.4 Å². The molecule has 0 aliphatic heterocycles. The summed E-state index contributed by atoms with van der Waals surface area (Å²) in [5.74, 6) is -0.981. The Kier molecular flexibility index (Phi) is 3.99. The van der Waals surface area contributed by atoms with Crippen molar-refractivity contribution in [1.29, 1.82) is 0 Å². The van der Waals surface area contributed by atoms with Crippen molar-refractivity contribution in [2.45, 2.75) is 0 Å². The molecule has 20 heavy (non-hydrogen) atoms. The number of rotatable bonds is 3. The van der Waals surface area contributed by atoms with Crippen molar-refractivity contribution in [3.8, 4) is 10.4 Å². The van der Waals surface area contributed by atoms with Gasteiger partial charge in [0.1, 0.15) is 10.8 Å². The maximum atomic E-state index is 12.9. The number of primary amides is 1. The molecule has 1 heterocycles. The van der Waals surface area contributed by atoms with E-state index in [1.165, 1.54) is 30.5 Å². The van der Waals surface area contributed by atoms with Crippen molar-refractivity contribution in [2.24, 2.45) is 5.73 Å². The third-order valence-corrected chi connectivity index (χ3v) is 3.68. The first-order valence-corrected chi connectivity index (χ1v) is 6.51. The van der Waals surface area contributed by atoms with Gasteiger partial charge in [-0.05, 0) is 23.8 Å². The maximum Gasteiger partial charge on any atom is 0.319 e. The highest BCUT2D eigenvalue weighted by molar-refractivity contribution is 7.20. The Morgan fingerprint density at radius 3 is 2.45 bits per heavy atom. The predicted molar refractivity (Wildman–Crippen MR) is 76.3 cm³/mol. The molecule has 2 aromatic rings. The van der Waals surface area contributed by atoms with Gasteiger partial charge in [-0.15, -0.1) is 11.3 Å². The second-order valence-electron chi connectivity index (χ2n) is 3.93. The molecule has 0 atom stereocenters. The number of nitrogens with one attached hydrogen (secondary N) is 2. The minimum absolute atomic E-state index is 0.220. The van der Waals surface area contributed by atoms with Crippen LogP contribution in [0, 0.1) is 5.82 Å². The monoisotopic (exact) mass is 293 g/mol. The maximum absolute atomic E-state index is 12.9. The Balaban J connectivity index is 2.40. The van der Waals surface area contributed by atoms with E-state index in [9.17, 15) is 14.0 Å². The normalized spacial score (nSPS) is 10.1. The lowest BCUT2D eigenvalue weighted by Crippen LogP contribution is -2.25. The molecule has 0 fully saturated rings. The van der Waals surface area contributed by atoms with Gasteiger partial charge in [-0.25, -0.2) is 9.18 Å². The summed E-state index contributed by atoms with van der Waals surface area (Å²) in [6, 6.07) is 6.96. The van der Waals surface area contributed by atoms with Crippen molar-refractivity contribution >= 4 is 28.3 Å². The average Bonchev–Trinajstić information content (AvgIpc) is 2.83. The first-order valence-electron chi connectivity index (χ1n) is 5.69. The Labute approximate surface area is 118 Å². The van der Waals surface area contributed by atoms with Crippen molar-refractivity contribution in [3.63, 3.8) is 0 Å². The van der Waals surface area contributed by atoms with Gasteiger partial charge in [-0.3, -0.25) is 10.1 Å². The minimum Gasteiger partial charge on any atom is -0.366 e. The third kappa shape index (κ3) is 2.94. The standard InChI is InChI=1S/C13H12FN3O2S/c1-16-13(19)17-12-9(11(15)18)6-10(20-12)7-2-4-8(14)5-3-7/h2-6H,1H3,(H2,15,18)(H2,16,17,19). The van der Waals surface area contributed by atoms with Crippen LogP contribution in [0.2, 0.25) is 0 Å². The van der Waals surface area contributed by atoms with E-state index in [1.54, 1.807) is 18.2 Å². The Morgan fingerprint density at radius 1 is 1.25 bits per heavy atom. The van der Waals surface area contributed by atoms with Crippen LogP contribution >= 0.6 is 11.3 Å². The van der Waals surface area contributed by atoms with Crippen LogP contribution in [0.1, 0.15) is 10.4 Å². The number of hydrogen-bond acceptors (Lipinski definition) is 3. The number of anilines is 1. The highest BCUT2D eigenvalue weighted by atomic mass is 32.1. The molecule has 0 aliphatic rings. The quantitative estimate of drug-likeness (QED) is 0.812. The molecule has 7 heteroatoms. The van der Waals surface area contributed by atoms with Crippen molar-refractivity contribution in [2.75, 3.05) is 12.4 Å². The molecule has 0 saturated carbocycles. The average molecular weight is 293 g/mol. The molecule has 0 aliphatic carbocycles. The second-order valence-corrected chi connectivity index (χ2v) is 4.98. The number of nitrogens with two attached hydrogens (primary N) is 1. The first kappa shape index (κ1) is 14.0. The SMILES string of the molecule is CNC(=O)Nc1sc(-c2ccc(F)cc2)cc1C(N)=O. The number of carbonyl (C=O) groups is 2. The van der Waals surface area contributed by atoms with Crippen molar-refractivity contribution < 1.29 is 14.0 Å². The minimum atomic E-state index is -0.638. The molecule has 104 valence electrons. The van der Waals surface area contributed by atoms with Gasteiger partial charge in [0.2, 0.25) is 0 Å². The number of amides is 3. The summed E-state index contributed by atoms with van der Waals surface area (Å²) < 4.78 is 12.9. The van der Waals surface area contributed by atoms with Gasteiger partial charge in [0.25, 0.3) is 5.91 Å². The second kappa shape index (κ2) is 5.70. The summed E-state index contributed by atoms with van der Waals surface area (Å²) in [5, 5.41) is 5.29. The fraction of sp³-hybridized carbons (Fsp3) is 0.0769. The largest absolute Gasteiger partial charge is 0.366 e. The van der Waals surface area contributed by atoms with Crippen LogP contribution in [-0.4, -0.2) is 19.0 Å². The van der Waals surface area contributed by atoms with Crippen LogP contribution in [0.25, 0.3) is 10.4 Å². The highest BCUT2D eigenvalue weighted by Gasteiger charge is 2.16. The lowest BCUT2D eigenvalue weighted by molar-refractivity contribution is 0.100. The van der Waals surface area contributed by atoms with E-state index < -0.39 is 11.9 Å². The number of halogens is 1. The van der Waals surface area contributed by atoms with Crippen molar-refractivity contribution in [1.82, 2.24) is 5.32 Å². The fourth-order valence-electron chi connectivity index (χ4n) is 1.59. The molecule has 0 radical (unpaired) electrons. The Bertz CT molecular complexity index is 652. The summed E-state index contributed by atoms with van der Waals surface area (Å²) in [6.45, 7) is 0. The fourth-order valence-corrected chi connectivity index (χ4v) is 2.65. The molecule has 0 unspecified atom stereocenters. The van der Waals surface area contributed by atoms with Gasteiger partial charge in [0.05, 0.1) is 5.56 Å². The molecule has 0 bridgehead atoms. The Hall–Kier alpha value is -2.41. The summed E-state index contributed by atoms with van der Waals surface area (Å²) in [7, 11) is 1.47. The predicted octanol–water partition coefficient (Wildman–Crippen LogP) is 2.40. The molecule has 4 N–H and O–H groups in total. The van der Waals surface area contributed by atoms with Gasteiger partial charge >= 0.3 is 6.03 Å². The summed E-state index contributed by atoms with van der Waals surface area (Å²) in [6.07, 6.45) is 0. The van der Waals surface area contributed by atoms with Gasteiger partial charge in [0.15, 0.2) is 0 Å². The highest BCUT2D eigenvalue weighted by Crippen LogP contribution is 2.35. The lowest BCUT2D eigenvalue weighted by Gasteiger charge is -2.02. The van der Waals surface area contributed by atoms with Gasteiger partial charge in [-0.2, -0.15) is 0 Å². The van der Waals surface area contributed by atoms with E-state index in [2.05, 4.69) is 10.6 Å². The molecular formula is C13H12FN3O2S. The zero-order chi connectivity index (χ0) is 14.7. The third-order valence-electron chi connectivity index (χ3n) is 2.58. The molecule has 0 spiro atoms. The summed E-state index contributed by atoms with van der Waals surface area (Å²) in [4.78, 5) is 23.4. The number of urea groups is 1. The lowest BCUT2D eigenvalue weighted by atomic mass is 10.1. The van der Waals surface area contributed by atoms with Gasteiger partial charge < -0.3 is 11.1 Å². The van der Waals surface area contributed by atoms with Crippen LogP contribution in [-0.2, 0) is 0 Å². The van der Waals surface area contributed by atoms with E-state index in [1.807, 2.05) is 0 Å². The van der Waals surface area contributed by atoms with E-state index in [0.717, 1.165) is 5.56 Å². The van der Waals surface area contributed by atoms with E-state index >= 15 is 0 Å². The summed E-state index contributed by atoms with van der Waals surface area (Å²) in [5.41, 5.74) is 6.24. The van der Waals surface area contributed by atoms with Crippen LogP contribution in [0.3, 0.4) is 0 Å². The molecule has 1 aromatic carbocycles. The molecule has 1 aromatic heterocycles. The van der Waals surface area contributed by atoms with Crippen LogP contribution in [0.4, 0.5) is 14.2 Å². The molecule has 5 nitrogen and oxygen atoms in total. The van der Waals surface area contributed by atoms with Crippen LogP contribution < -0.4 is 16.4 Å². The smallest absolute Gasteiger partial charge is 0.319 e.